The van der Waals surface area contributed by atoms with Gasteiger partial charge in [0.2, 0.25) is 0 Å². The number of hydrogen-bond donors (Lipinski definition) is 0. The van der Waals surface area contributed by atoms with Crippen molar-refractivity contribution in [3.05, 3.63) is 47.0 Å². The zero-order chi connectivity index (χ0) is 14.9. The molecule has 0 saturated carbocycles. The molecule has 0 unspecified atom stereocenters. The molecule has 2 aromatic rings. The van der Waals surface area contributed by atoms with Gasteiger partial charge in [-0.2, -0.15) is 0 Å². The summed E-state index contributed by atoms with van der Waals surface area (Å²) in [5, 5.41) is 2.97. The van der Waals surface area contributed by atoms with Gasteiger partial charge in [-0.05, 0) is 0 Å². The number of rotatable bonds is 0. The Bertz CT molecular complexity index is 705. The van der Waals surface area contributed by atoms with Crippen LogP contribution in [0.3, 0.4) is 0 Å². The van der Waals surface area contributed by atoms with Crippen LogP contribution in [0.5, 0.6) is 0 Å². The molecular formula is C19H26Ge. The van der Waals surface area contributed by atoms with E-state index >= 15 is 0 Å². The summed E-state index contributed by atoms with van der Waals surface area (Å²) in [6.45, 7) is 12.2. The average molecular weight is 327 g/mol. The molecule has 0 fully saturated rings. The second-order valence-corrected chi connectivity index (χ2v) is 20.2. The summed E-state index contributed by atoms with van der Waals surface area (Å²) in [6, 6.07) is 11.7. The van der Waals surface area contributed by atoms with Crippen molar-refractivity contribution in [1.29, 1.82) is 0 Å². The van der Waals surface area contributed by atoms with Crippen LogP contribution in [0.1, 0.15) is 44.4 Å². The molecule has 3 rings (SSSR count). The van der Waals surface area contributed by atoms with Crippen LogP contribution in [0.2, 0.25) is 11.5 Å². The fourth-order valence-corrected chi connectivity index (χ4v) is 11.0. The third kappa shape index (κ3) is 1.49. The zero-order valence-electron chi connectivity index (χ0n) is 13.9. The fraction of sp³-hybridized carbons (Fsp3) is 0.474. The molecule has 0 aromatic heterocycles. The quantitative estimate of drug-likeness (QED) is 0.560. The molecule has 0 amide bonds. The van der Waals surface area contributed by atoms with Crippen LogP contribution in [0.15, 0.2) is 30.3 Å². The Balaban J connectivity index is 2.57. The van der Waals surface area contributed by atoms with Gasteiger partial charge >= 0.3 is 126 Å². The van der Waals surface area contributed by atoms with Gasteiger partial charge in [-0.3, -0.25) is 0 Å². The molecule has 0 nitrogen and oxygen atoms in total. The van der Waals surface area contributed by atoms with E-state index < -0.39 is 13.3 Å². The Morgan fingerprint density at radius 3 is 2.10 bits per heavy atom. The van der Waals surface area contributed by atoms with Gasteiger partial charge in [-0.15, -0.1) is 0 Å². The Morgan fingerprint density at radius 1 is 0.850 bits per heavy atom. The summed E-state index contributed by atoms with van der Waals surface area (Å²) in [4.78, 5) is 0. The summed E-state index contributed by atoms with van der Waals surface area (Å²) in [5.74, 6) is 5.23. The summed E-state index contributed by atoms with van der Waals surface area (Å²) < 4.78 is 0.702. The first-order valence-electron chi connectivity index (χ1n) is 7.65. The van der Waals surface area contributed by atoms with E-state index in [0.29, 0.717) is 8.49 Å². The Hall–Kier alpha value is -0.757. The minimum absolute atomic E-state index is 0.349. The van der Waals surface area contributed by atoms with Gasteiger partial charge in [0.1, 0.15) is 0 Å². The molecule has 0 saturated heterocycles. The van der Waals surface area contributed by atoms with Gasteiger partial charge < -0.3 is 0 Å². The Kier molecular flexibility index (Phi) is 2.77. The van der Waals surface area contributed by atoms with Crippen molar-refractivity contribution in [3.8, 4) is 0 Å². The van der Waals surface area contributed by atoms with Gasteiger partial charge in [0, 0.05) is 0 Å². The Morgan fingerprint density at radius 2 is 1.45 bits per heavy atom. The van der Waals surface area contributed by atoms with Crippen LogP contribution in [0, 0.1) is 6.92 Å². The normalized spacial score (nSPS) is 21.9. The molecule has 0 radical (unpaired) electrons. The van der Waals surface area contributed by atoms with Gasteiger partial charge in [-0.25, -0.2) is 0 Å². The molecule has 0 bridgehead atoms. The van der Waals surface area contributed by atoms with E-state index in [-0.39, 0.29) is 0 Å². The zero-order valence-corrected chi connectivity index (χ0v) is 16.0. The van der Waals surface area contributed by atoms with E-state index in [1.165, 1.54) is 16.3 Å². The van der Waals surface area contributed by atoms with E-state index in [4.69, 9.17) is 0 Å². The van der Waals surface area contributed by atoms with E-state index in [1.54, 1.807) is 11.1 Å². The summed E-state index contributed by atoms with van der Waals surface area (Å²) in [6.07, 6.45) is 0. The summed E-state index contributed by atoms with van der Waals surface area (Å²) >= 11 is -2.09. The molecule has 1 heteroatoms. The van der Waals surface area contributed by atoms with E-state index in [9.17, 15) is 0 Å². The number of aryl methyl sites for hydroxylation is 1. The molecule has 0 aliphatic carbocycles. The van der Waals surface area contributed by atoms with Crippen molar-refractivity contribution in [1.82, 2.24) is 0 Å². The van der Waals surface area contributed by atoms with Crippen molar-refractivity contribution >= 4 is 24.0 Å². The molecule has 1 heterocycles. The van der Waals surface area contributed by atoms with E-state index in [0.717, 1.165) is 0 Å². The van der Waals surface area contributed by atoms with Crippen LogP contribution in [-0.2, 0) is 8.49 Å². The average Bonchev–Trinajstić information content (AvgIpc) is 2.34. The van der Waals surface area contributed by atoms with Gasteiger partial charge in [-0.1, -0.05) is 0 Å². The van der Waals surface area contributed by atoms with Crippen molar-refractivity contribution in [2.45, 2.75) is 54.6 Å². The van der Waals surface area contributed by atoms with Crippen molar-refractivity contribution < 1.29 is 0 Å². The number of benzene rings is 2. The van der Waals surface area contributed by atoms with Crippen LogP contribution in [0.25, 0.3) is 10.8 Å². The van der Waals surface area contributed by atoms with Gasteiger partial charge in [0.15, 0.2) is 0 Å². The predicted octanol–water partition coefficient (Wildman–Crippen LogP) is 5.50. The molecule has 2 aromatic carbocycles. The Labute approximate surface area is 125 Å². The molecule has 1 aliphatic rings. The third-order valence-corrected chi connectivity index (χ3v) is 20.8. The third-order valence-electron chi connectivity index (χ3n) is 6.59. The topological polar surface area (TPSA) is 0 Å². The molecule has 106 valence electrons. The summed E-state index contributed by atoms with van der Waals surface area (Å²) in [5.41, 5.74) is 4.59. The first kappa shape index (κ1) is 14.2. The SMILES string of the molecule is Cc1cc2c3c(cccc3c1)[C](C)(C)[Ge]([CH3])([CH3])[C]2(C)C. The van der Waals surface area contributed by atoms with Gasteiger partial charge in [0.05, 0.1) is 0 Å². The first-order valence-corrected chi connectivity index (χ1v) is 13.9. The van der Waals surface area contributed by atoms with Crippen LogP contribution in [0.4, 0.5) is 0 Å². The fourth-order valence-electron chi connectivity index (χ4n) is 4.05. The standard InChI is InChI=1S/C19H26Ge/c1-13-11-14-9-8-10-15-17(14)16(12-13)19(4,5)20(6,7)18(15,2)3/h8-12H,1-7H3. The molecule has 0 N–H and O–H groups in total. The summed E-state index contributed by atoms with van der Waals surface area (Å²) in [7, 11) is 0. The maximum atomic E-state index is 2.62. The second kappa shape index (κ2) is 3.91. The second-order valence-electron chi connectivity index (χ2n) is 8.09. The molecule has 1 aliphatic heterocycles. The van der Waals surface area contributed by atoms with E-state index in [2.05, 4.69) is 76.5 Å². The molecule has 20 heavy (non-hydrogen) atoms. The van der Waals surface area contributed by atoms with Gasteiger partial charge in [0.25, 0.3) is 0 Å². The molecular weight excluding hydrogens is 301 g/mol. The molecule has 0 spiro atoms. The van der Waals surface area contributed by atoms with Crippen molar-refractivity contribution in [2.24, 2.45) is 0 Å². The van der Waals surface area contributed by atoms with Crippen molar-refractivity contribution in [2.75, 3.05) is 0 Å². The number of hydrogen-bond acceptors (Lipinski definition) is 0. The van der Waals surface area contributed by atoms with Crippen LogP contribution < -0.4 is 0 Å². The predicted molar refractivity (Wildman–Crippen MR) is 92.2 cm³/mol. The van der Waals surface area contributed by atoms with Crippen LogP contribution >= 0.6 is 0 Å². The first-order chi connectivity index (χ1) is 9.10. The van der Waals surface area contributed by atoms with E-state index in [1.807, 2.05) is 0 Å². The van der Waals surface area contributed by atoms with Crippen molar-refractivity contribution in [3.63, 3.8) is 0 Å². The molecule has 0 atom stereocenters. The monoisotopic (exact) mass is 328 g/mol. The maximum absolute atomic E-state index is 2.62. The minimum atomic E-state index is -2.09. The van der Waals surface area contributed by atoms with Crippen LogP contribution in [-0.4, -0.2) is 13.3 Å².